The molecule has 0 saturated heterocycles. The summed E-state index contributed by atoms with van der Waals surface area (Å²) in [5, 5.41) is 13.5. The van der Waals surface area contributed by atoms with Crippen molar-refractivity contribution in [1.82, 2.24) is 5.32 Å². The van der Waals surface area contributed by atoms with Gasteiger partial charge in [-0.25, -0.2) is 0 Å². The van der Waals surface area contributed by atoms with E-state index in [2.05, 4.69) is 33.0 Å². The topological polar surface area (TPSA) is 41.5 Å². The van der Waals surface area contributed by atoms with E-state index in [1.54, 1.807) is 0 Å². The summed E-state index contributed by atoms with van der Waals surface area (Å²) in [6, 6.07) is 0.534. The van der Waals surface area contributed by atoms with Crippen molar-refractivity contribution in [2.24, 2.45) is 11.3 Å². The Balaban J connectivity index is 2.08. The Hall–Kier alpha value is -0.120. The molecule has 0 amide bonds. The normalized spacial score (nSPS) is 24.0. The van der Waals surface area contributed by atoms with Gasteiger partial charge in [-0.05, 0) is 37.0 Å². The van der Waals surface area contributed by atoms with Gasteiger partial charge in [0.2, 0.25) is 0 Å². The van der Waals surface area contributed by atoms with Gasteiger partial charge in [0.15, 0.2) is 0 Å². The number of ether oxygens (including phenoxy) is 1. The molecule has 3 nitrogen and oxygen atoms in total. The number of aliphatic hydroxyl groups is 1. The van der Waals surface area contributed by atoms with Crippen molar-refractivity contribution in [3.63, 3.8) is 0 Å². The number of hydrogen-bond donors (Lipinski definition) is 2. The molecule has 0 aromatic rings. The average Bonchev–Trinajstić information content (AvgIpc) is 2.36. The largest absolute Gasteiger partial charge is 0.389 e. The van der Waals surface area contributed by atoms with Gasteiger partial charge >= 0.3 is 0 Å². The van der Waals surface area contributed by atoms with E-state index in [-0.39, 0.29) is 6.10 Å². The molecule has 1 rings (SSSR count). The van der Waals surface area contributed by atoms with Gasteiger partial charge in [0.05, 0.1) is 12.7 Å². The number of nitrogens with one attached hydrogen (secondary N) is 1. The zero-order valence-electron chi connectivity index (χ0n) is 14.0. The van der Waals surface area contributed by atoms with Crippen molar-refractivity contribution in [2.45, 2.75) is 78.4 Å². The molecule has 2 N–H and O–H groups in total. The third-order valence-corrected chi connectivity index (χ3v) is 4.49. The average molecular weight is 285 g/mol. The standard InChI is InChI=1S/C17H35NO2/c1-14(2)8-7-11-20-13-15(19)12-18-16-9-5-6-10-17(16,3)4/h14-16,18-19H,5-13H2,1-4H3. The van der Waals surface area contributed by atoms with Crippen molar-refractivity contribution in [1.29, 1.82) is 0 Å². The highest BCUT2D eigenvalue weighted by molar-refractivity contribution is 4.88. The minimum Gasteiger partial charge on any atom is -0.389 e. The lowest BCUT2D eigenvalue weighted by Crippen LogP contribution is -2.47. The Labute approximate surface area is 125 Å². The van der Waals surface area contributed by atoms with Crippen LogP contribution in [0.2, 0.25) is 0 Å². The van der Waals surface area contributed by atoms with Gasteiger partial charge in [0, 0.05) is 19.2 Å². The van der Waals surface area contributed by atoms with Crippen LogP contribution in [0.25, 0.3) is 0 Å². The molecule has 2 atom stereocenters. The molecule has 0 bridgehead atoms. The summed E-state index contributed by atoms with van der Waals surface area (Å²) in [4.78, 5) is 0. The predicted octanol–water partition coefficient (Wildman–Crippen LogP) is 3.36. The fourth-order valence-corrected chi connectivity index (χ4v) is 3.02. The summed E-state index contributed by atoms with van der Waals surface area (Å²) >= 11 is 0. The van der Waals surface area contributed by atoms with Crippen LogP contribution < -0.4 is 5.32 Å². The monoisotopic (exact) mass is 285 g/mol. The molecule has 1 fully saturated rings. The molecule has 20 heavy (non-hydrogen) atoms. The molecule has 0 spiro atoms. The molecular weight excluding hydrogens is 250 g/mol. The zero-order chi connectivity index (χ0) is 15.0. The quantitative estimate of drug-likeness (QED) is 0.638. The predicted molar refractivity (Wildman–Crippen MR) is 84.9 cm³/mol. The van der Waals surface area contributed by atoms with Crippen LogP contribution in [0.5, 0.6) is 0 Å². The molecule has 0 radical (unpaired) electrons. The van der Waals surface area contributed by atoms with Crippen molar-refractivity contribution in [2.75, 3.05) is 19.8 Å². The maximum atomic E-state index is 9.97. The summed E-state index contributed by atoms with van der Waals surface area (Å²) in [5.74, 6) is 0.735. The summed E-state index contributed by atoms with van der Waals surface area (Å²) in [6.07, 6.45) is 7.07. The zero-order valence-corrected chi connectivity index (χ0v) is 14.0. The van der Waals surface area contributed by atoms with Crippen LogP contribution in [-0.4, -0.2) is 37.0 Å². The molecule has 1 saturated carbocycles. The van der Waals surface area contributed by atoms with Crippen LogP contribution >= 0.6 is 0 Å². The Morgan fingerprint density at radius 2 is 2.05 bits per heavy atom. The maximum absolute atomic E-state index is 9.97. The smallest absolute Gasteiger partial charge is 0.0897 e. The molecular formula is C17H35NO2. The van der Waals surface area contributed by atoms with E-state index >= 15 is 0 Å². The first-order valence-corrected chi connectivity index (χ1v) is 8.41. The summed E-state index contributed by atoms with van der Waals surface area (Å²) < 4.78 is 5.55. The van der Waals surface area contributed by atoms with Gasteiger partial charge in [0.1, 0.15) is 0 Å². The fraction of sp³-hybridized carbons (Fsp3) is 1.00. The van der Waals surface area contributed by atoms with Crippen LogP contribution in [0, 0.1) is 11.3 Å². The van der Waals surface area contributed by atoms with E-state index in [0.29, 0.717) is 24.6 Å². The molecule has 2 unspecified atom stereocenters. The molecule has 3 heteroatoms. The van der Waals surface area contributed by atoms with Gasteiger partial charge in [-0.15, -0.1) is 0 Å². The highest BCUT2D eigenvalue weighted by Gasteiger charge is 2.31. The minimum atomic E-state index is -0.383. The summed E-state index contributed by atoms with van der Waals surface area (Å²) in [6.45, 7) is 11.0. The Bertz CT molecular complexity index is 253. The van der Waals surface area contributed by atoms with Crippen LogP contribution in [0.3, 0.4) is 0 Å². The lowest BCUT2D eigenvalue weighted by molar-refractivity contribution is 0.0288. The van der Waals surface area contributed by atoms with E-state index in [1.807, 2.05) is 0 Å². The number of aliphatic hydroxyl groups excluding tert-OH is 1. The molecule has 0 aromatic carbocycles. The highest BCUT2D eigenvalue weighted by atomic mass is 16.5. The summed E-state index contributed by atoms with van der Waals surface area (Å²) in [5.41, 5.74) is 0.357. The number of hydrogen-bond acceptors (Lipinski definition) is 3. The van der Waals surface area contributed by atoms with Gasteiger partial charge in [0.25, 0.3) is 0 Å². The molecule has 1 aliphatic carbocycles. The van der Waals surface area contributed by atoms with Gasteiger partial charge in [-0.3, -0.25) is 0 Å². The van der Waals surface area contributed by atoms with Crippen molar-refractivity contribution in [3.8, 4) is 0 Å². The van der Waals surface area contributed by atoms with E-state index in [4.69, 9.17) is 4.74 Å². The highest BCUT2D eigenvalue weighted by Crippen LogP contribution is 2.35. The van der Waals surface area contributed by atoms with Gasteiger partial charge in [-0.1, -0.05) is 40.5 Å². The van der Waals surface area contributed by atoms with Crippen LogP contribution in [-0.2, 0) is 4.74 Å². The SMILES string of the molecule is CC(C)CCCOCC(O)CNC1CCCCC1(C)C. The van der Waals surface area contributed by atoms with Crippen LogP contribution in [0.4, 0.5) is 0 Å². The fourth-order valence-electron chi connectivity index (χ4n) is 3.02. The molecule has 0 aliphatic heterocycles. The molecule has 0 aromatic heterocycles. The van der Waals surface area contributed by atoms with Gasteiger partial charge in [-0.2, -0.15) is 0 Å². The van der Waals surface area contributed by atoms with Crippen LogP contribution in [0.15, 0.2) is 0 Å². The van der Waals surface area contributed by atoms with Crippen molar-refractivity contribution < 1.29 is 9.84 Å². The van der Waals surface area contributed by atoms with Crippen molar-refractivity contribution >= 4 is 0 Å². The Morgan fingerprint density at radius 1 is 1.30 bits per heavy atom. The van der Waals surface area contributed by atoms with Crippen LogP contribution in [0.1, 0.15) is 66.2 Å². The third kappa shape index (κ3) is 7.05. The van der Waals surface area contributed by atoms with E-state index in [9.17, 15) is 5.11 Å². The van der Waals surface area contributed by atoms with E-state index < -0.39 is 0 Å². The lowest BCUT2D eigenvalue weighted by Gasteiger charge is -2.39. The lowest BCUT2D eigenvalue weighted by atomic mass is 9.73. The minimum absolute atomic E-state index is 0.357. The third-order valence-electron chi connectivity index (χ3n) is 4.49. The van der Waals surface area contributed by atoms with E-state index in [0.717, 1.165) is 18.9 Å². The first kappa shape index (κ1) is 17.9. The molecule has 120 valence electrons. The second kappa shape index (κ2) is 9.01. The second-order valence-corrected chi connectivity index (χ2v) is 7.46. The van der Waals surface area contributed by atoms with Gasteiger partial charge < -0.3 is 15.2 Å². The Kier molecular flexibility index (Phi) is 8.08. The first-order chi connectivity index (χ1) is 9.42. The molecule has 0 heterocycles. The Morgan fingerprint density at radius 3 is 2.70 bits per heavy atom. The summed E-state index contributed by atoms with van der Waals surface area (Å²) in [7, 11) is 0. The second-order valence-electron chi connectivity index (χ2n) is 7.46. The molecule has 1 aliphatic rings. The maximum Gasteiger partial charge on any atom is 0.0897 e. The number of rotatable bonds is 9. The van der Waals surface area contributed by atoms with E-state index in [1.165, 1.54) is 32.1 Å². The first-order valence-electron chi connectivity index (χ1n) is 8.41. The van der Waals surface area contributed by atoms with Crippen molar-refractivity contribution in [3.05, 3.63) is 0 Å².